The molecule has 0 spiro atoms. The maximum Gasteiger partial charge on any atom is 0.274 e. The number of fused-ring (bicyclic) bond motifs is 1. The minimum Gasteiger partial charge on any atom is -0.486 e. The first-order valence-electron chi connectivity index (χ1n) is 9.74. The fourth-order valence-electron chi connectivity index (χ4n) is 3.35. The van der Waals surface area contributed by atoms with Crippen LogP contribution in [0.25, 0.3) is 0 Å². The molecule has 1 aliphatic carbocycles. The normalized spacial score (nSPS) is 15.5. The molecule has 0 radical (unpaired) electrons. The predicted octanol–water partition coefficient (Wildman–Crippen LogP) is 3.80. The number of amides is 1. The van der Waals surface area contributed by atoms with Gasteiger partial charge in [-0.25, -0.2) is 9.97 Å². The third-order valence-corrected chi connectivity index (χ3v) is 4.80. The fourth-order valence-corrected chi connectivity index (χ4v) is 3.35. The molecule has 2 aliphatic rings. The molecule has 0 fully saturated rings. The van der Waals surface area contributed by atoms with Crippen LogP contribution in [0.3, 0.4) is 0 Å². The van der Waals surface area contributed by atoms with Gasteiger partial charge < -0.3 is 20.1 Å². The first-order valence-corrected chi connectivity index (χ1v) is 9.74. The lowest BCUT2D eigenvalue weighted by molar-refractivity contribution is 0.102. The molecule has 28 heavy (non-hydrogen) atoms. The first kappa shape index (κ1) is 18.3. The summed E-state index contributed by atoms with van der Waals surface area (Å²) in [6.45, 7) is 1.80. The zero-order chi connectivity index (χ0) is 19.2. The van der Waals surface area contributed by atoms with Crippen LogP contribution in [0.4, 0.5) is 11.6 Å². The molecule has 1 aromatic heterocycles. The van der Waals surface area contributed by atoms with Gasteiger partial charge >= 0.3 is 0 Å². The molecule has 2 heterocycles. The first-order chi connectivity index (χ1) is 13.8. The summed E-state index contributed by atoms with van der Waals surface area (Å²) in [6.07, 6.45) is 9.84. The molecule has 2 aromatic rings. The average molecular weight is 380 g/mol. The third kappa shape index (κ3) is 4.60. The van der Waals surface area contributed by atoms with Crippen molar-refractivity contribution in [2.45, 2.75) is 32.1 Å². The Bertz CT molecular complexity index is 882. The Labute approximate surface area is 164 Å². The summed E-state index contributed by atoms with van der Waals surface area (Å²) in [5, 5.41) is 6.05. The van der Waals surface area contributed by atoms with E-state index < -0.39 is 0 Å². The lowest BCUT2D eigenvalue weighted by Crippen LogP contribution is -2.17. The van der Waals surface area contributed by atoms with Crippen molar-refractivity contribution in [3.63, 3.8) is 0 Å². The quantitative estimate of drug-likeness (QED) is 0.742. The molecule has 1 aliphatic heterocycles. The summed E-state index contributed by atoms with van der Waals surface area (Å²) in [7, 11) is 0. The summed E-state index contributed by atoms with van der Waals surface area (Å²) < 4.78 is 11.0. The zero-order valence-electron chi connectivity index (χ0n) is 15.7. The van der Waals surface area contributed by atoms with E-state index in [1.165, 1.54) is 31.3 Å². The Morgan fingerprint density at radius 1 is 1.11 bits per heavy atom. The topological polar surface area (TPSA) is 85.4 Å². The van der Waals surface area contributed by atoms with Crippen molar-refractivity contribution in [1.29, 1.82) is 0 Å². The summed E-state index contributed by atoms with van der Waals surface area (Å²) in [5.74, 6) is 1.49. The molecule has 0 bridgehead atoms. The van der Waals surface area contributed by atoms with Crippen molar-refractivity contribution in [2.75, 3.05) is 30.4 Å². The van der Waals surface area contributed by atoms with Crippen LogP contribution >= 0.6 is 0 Å². The van der Waals surface area contributed by atoms with Crippen molar-refractivity contribution >= 4 is 17.5 Å². The monoisotopic (exact) mass is 380 g/mol. The predicted molar refractivity (Wildman–Crippen MR) is 107 cm³/mol. The maximum absolute atomic E-state index is 12.5. The minimum atomic E-state index is -0.294. The standard InChI is InChI=1S/C21H24N4O3/c26-20(24-16-6-7-18-19(14-16)28-13-12-27-18)17-9-11-23-21(25-17)22-10-8-15-4-2-1-3-5-15/h4,6-7,9,11,14H,1-3,5,8,10,12-13H2,(H,24,26)(H,22,23,25). The third-order valence-electron chi connectivity index (χ3n) is 4.80. The summed E-state index contributed by atoms with van der Waals surface area (Å²) >= 11 is 0. The number of anilines is 2. The van der Waals surface area contributed by atoms with E-state index in [-0.39, 0.29) is 5.91 Å². The van der Waals surface area contributed by atoms with Crippen LogP contribution in [0.1, 0.15) is 42.6 Å². The van der Waals surface area contributed by atoms with Crippen LogP contribution in [0.2, 0.25) is 0 Å². The van der Waals surface area contributed by atoms with Gasteiger partial charge in [-0.1, -0.05) is 11.6 Å². The molecule has 0 unspecified atom stereocenters. The number of ether oxygens (including phenoxy) is 2. The van der Waals surface area contributed by atoms with E-state index in [0.717, 1.165) is 13.0 Å². The van der Waals surface area contributed by atoms with Gasteiger partial charge in [-0.05, 0) is 50.3 Å². The molecule has 1 aromatic carbocycles. The van der Waals surface area contributed by atoms with Gasteiger partial charge in [0.2, 0.25) is 5.95 Å². The van der Waals surface area contributed by atoms with Crippen molar-refractivity contribution < 1.29 is 14.3 Å². The van der Waals surface area contributed by atoms with E-state index in [9.17, 15) is 4.79 Å². The van der Waals surface area contributed by atoms with Crippen LogP contribution < -0.4 is 20.1 Å². The molecule has 4 rings (SSSR count). The molecule has 2 N–H and O–H groups in total. The van der Waals surface area contributed by atoms with E-state index in [1.54, 1.807) is 30.5 Å². The fraction of sp³-hybridized carbons (Fsp3) is 0.381. The van der Waals surface area contributed by atoms with Crippen LogP contribution in [0.5, 0.6) is 11.5 Å². The minimum absolute atomic E-state index is 0.294. The van der Waals surface area contributed by atoms with E-state index in [2.05, 4.69) is 26.7 Å². The molecule has 0 saturated heterocycles. The summed E-state index contributed by atoms with van der Waals surface area (Å²) in [5.41, 5.74) is 2.43. The highest BCUT2D eigenvalue weighted by Gasteiger charge is 2.14. The Hall–Kier alpha value is -3.09. The summed E-state index contributed by atoms with van der Waals surface area (Å²) in [6, 6.07) is 6.92. The van der Waals surface area contributed by atoms with Gasteiger partial charge in [-0.15, -0.1) is 0 Å². The molecule has 7 heteroatoms. The number of hydrogen-bond acceptors (Lipinski definition) is 6. The van der Waals surface area contributed by atoms with Crippen LogP contribution in [0, 0.1) is 0 Å². The Morgan fingerprint density at radius 2 is 2.00 bits per heavy atom. The largest absolute Gasteiger partial charge is 0.486 e. The number of carbonyl (C=O) groups excluding carboxylic acids is 1. The highest BCUT2D eigenvalue weighted by Crippen LogP contribution is 2.32. The van der Waals surface area contributed by atoms with E-state index in [4.69, 9.17) is 9.47 Å². The molecular formula is C21H24N4O3. The smallest absolute Gasteiger partial charge is 0.274 e. The highest BCUT2D eigenvalue weighted by molar-refractivity contribution is 6.03. The molecule has 1 amide bonds. The summed E-state index contributed by atoms with van der Waals surface area (Å²) in [4.78, 5) is 21.1. The second-order valence-electron chi connectivity index (χ2n) is 6.86. The van der Waals surface area contributed by atoms with Gasteiger partial charge in [0.1, 0.15) is 18.9 Å². The lowest BCUT2D eigenvalue weighted by atomic mass is 9.97. The van der Waals surface area contributed by atoms with Crippen molar-refractivity contribution in [1.82, 2.24) is 9.97 Å². The Balaban J connectivity index is 1.35. The number of carbonyl (C=O) groups is 1. The number of aromatic nitrogens is 2. The van der Waals surface area contributed by atoms with Crippen LogP contribution in [0.15, 0.2) is 42.1 Å². The van der Waals surface area contributed by atoms with Crippen molar-refractivity contribution in [2.24, 2.45) is 0 Å². The van der Waals surface area contributed by atoms with Crippen molar-refractivity contribution in [3.05, 3.63) is 47.8 Å². The maximum atomic E-state index is 12.5. The van der Waals surface area contributed by atoms with Crippen LogP contribution in [-0.4, -0.2) is 35.6 Å². The molecule has 7 nitrogen and oxygen atoms in total. The van der Waals surface area contributed by atoms with Gasteiger partial charge in [0.05, 0.1) is 0 Å². The SMILES string of the molecule is O=C(Nc1ccc2c(c1)OCCO2)c1ccnc(NCCC2=CCCCC2)n1. The van der Waals surface area contributed by atoms with E-state index in [1.807, 2.05) is 0 Å². The van der Waals surface area contributed by atoms with Gasteiger partial charge in [0.25, 0.3) is 5.91 Å². The number of allylic oxidation sites excluding steroid dienone is 1. The van der Waals surface area contributed by atoms with Gasteiger partial charge in [0, 0.05) is 24.5 Å². The average Bonchev–Trinajstić information content (AvgIpc) is 2.75. The number of hydrogen-bond donors (Lipinski definition) is 2. The van der Waals surface area contributed by atoms with Gasteiger partial charge in [-0.3, -0.25) is 4.79 Å². The van der Waals surface area contributed by atoms with Gasteiger partial charge in [0.15, 0.2) is 11.5 Å². The van der Waals surface area contributed by atoms with Gasteiger partial charge in [-0.2, -0.15) is 0 Å². The van der Waals surface area contributed by atoms with Crippen LogP contribution in [-0.2, 0) is 0 Å². The zero-order valence-corrected chi connectivity index (χ0v) is 15.7. The number of rotatable bonds is 6. The van der Waals surface area contributed by atoms with E-state index >= 15 is 0 Å². The molecule has 146 valence electrons. The number of benzene rings is 1. The second kappa shape index (κ2) is 8.73. The molecule has 0 saturated carbocycles. The lowest BCUT2D eigenvalue weighted by Gasteiger charge is -2.19. The van der Waals surface area contributed by atoms with E-state index in [0.29, 0.717) is 42.0 Å². The highest BCUT2D eigenvalue weighted by atomic mass is 16.6. The number of nitrogens with zero attached hydrogens (tertiary/aromatic N) is 2. The molecule has 0 atom stereocenters. The number of nitrogens with one attached hydrogen (secondary N) is 2. The Kier molecular flexibility index (Phi) is 5.70. The second-order valence-corrected chi connectivity index (χ2v) is 6.86. The molecular weight excluding hydrogens is 356 g/mol. The Morgan fingerprint density at radius 3 is 2.86 bits per heavy atom. The van der Waals surface area contributed by atoms with Crippen molar-refractivity contribution in [3.8, 4) is 11.5 Å².